The van der Waals surface area contributed by atoms with E-state index in [1.54, 1.807) is 7.11 Å². The van der Waals surface area contributed by atoms with Gasteiger partial charge in [0.05, 0.1) is 18.5 Å². The smallest absolute Gasteiger partial charge is 0.163 e. The Morgan fingerprint density at radius 2 is 2.00 bits per heavy atom. The molecule has 1 fully saturated rings. The topological polar surface area (TPSA) is 34.2 Å². The van der Waals surface area contributed by atoms with Gasteiger partial charge in [0.2, 0.25) is 0 Å². The van der Waals surface area contributed by atoms with Gasteiger partial charge in [-0.3, -0.25) is 4.98 Å². The van der Waals surface area contributed by atoms with Crippen molar-refractivity contribution in [2.75, 3.05) is 12.4 Å². The highest BCUT2D eigenvalue weighted by Gasteiger charge is 2.20. The number of halogens is 1. The van der Waals surface area contributed by atoms with Gasteiger partial charge in [-0.2, -0.15) is 0 Å². The summed E-state index contributed by atoms with van der Waals surface area (Å²) in [5.41, 5.74) is 2.04. The van der Waals surface area contributed by atoms with Gasteiger partial charge >= 0.3 is 0 Å². The van der Waals surface area contributed by atoms with Crippen molar-refractivity contribution in [2.24, 2.45) is 5.92 Å². The number of nitrogens with one attached hydrogen (secondary N) is 1. The summed E-state index contributed by atoms with van der Waals surface area (Å²) in [6, 6.07) is 2.60. The zero-order valence-corrected chi connectivity index (χ0v) is 12.9. The maximum Gasteiger partial charge on any atom is 0.163 e. The second-order valence-corrected chi connectivity index (χ2v) is 5.25. The molecule has 19 heavy (non-hydrogen) atoms. The van der Waals surface area contributed by atoms with Crippen LogP contribution < -0.4 is 10.1 Å². The fourth-order valence-electron chi connectivity index (χ4n) is 2.86. The number of methoxy groups -OCH3 is 1. The quantitative estimate of drug-likeness (QED) is 0.900. The Kier molecular flexibility index (Phi) is 6.43. The van der Waals surface area contributed by atoms with Crippen LogP contribution in [0.4, 0.5) is 5.69 Å². The molecular weight excluding hydrogens is 260 g/mol. The van der Waals surface area contributed by atoms with Crippen LogP contribution in [0, 0.1) is 12.8 Å². The van der Waals surface area contributed by atoms with Crippen LogP contribution in [0.1, 0.15) is 44.7 Å². The van der Waals surface area contributed by atoms with Crippen LogP contribution in [0.2, 0.25) is 0 Å². The molecule has 0 bridgehead atoms. The number of hydrogen-bond donors (Lipinski definition) is 1. The van der Waals surface area contributed by atoms with E-state index < -0.39 is 0 Å². The number of hydrogen-bond acceptors (Lipinski definition) is 3. The molecule has 0 unspecified atom stereocenters. The first-order valence-corrected chi connectivity index (χ1v) is 7.00. The number of ether oxygens (including phenoxy) is 1. The molecule has 0 spiro atoms. The minimum absolute atomic E-state index is 0. The third-order valence-corrected chi connectivity index (χ3v) is 4.07. The summed E-state index contributed by atoms with van der Waals surface area (Å²) >= 11 is 0. The minimum Gasteiger partial charge on any atom is -0.493 e. The Morgan fingerprint density at radius 3 is 2.58 bits per heavy atom. The molecule has 0 amide bonds. The van der Waals surface area contributed by atoms with Crippen molar-refractivity contribution in [1.29, 1.82) is 0 Å². The molecule has 0 aliphatic heterocycles. The molecule has 1 aromatic rings. The SMILES string of the molecule is CCC1CCC(Nc2ccnc(C)c2OC)CC1.Cl. The minimum atomic E-state index is 0. The van der Waals surface area contributed by atoms with Crippen molar-refractivity contribution < 1.29 is 4.74 Å². The Hall–Kier alpha value is -0.960. The lowest BCUT2D eigenvalue weighted by atomic mass is 9.84. The van der Waals surface area contributed by atoms with Gasteiger partial charge in [-0.15, -0.1) is 12.4 Å². The van der Waals surface area contributed by atoms with Crippen molar-refractivity contribution in [3.63, 3.8) is 0 Å². The second-order valence-electron chi connectivity index (χ2n) is 5.25. The third kappa shape index (κ3) is 4.00. The average molecular weight is 285 g/mol. The van der Waals surface area contributed by atoms with E-state index in [-0.39, 0.29) is 12.4 Å². The van der Waals surface area contributed by atoms with Gasteiger partial charge in [0.25, 0.3) is 0 Å². The fourth-order valence-corrected chi connectivity index (χ4v) is 2.86. The molecule has 108 valence electrons. The molecule has 0 atom stereocenters. The molecular formula is C15H25ClN2O. The lowest BCUT2D eigenvalue weighted by molar-refractivity contribution is 0.329. The highest BCUT2D eigenvalue weighted by molar-refractivity contribution is 5.85. The zero-order chi connectivity index (χ0) is 13.0. The van der Waals surface area contributed by atoms with Crippen LogP contribution in [0.25, 0.3) is 0 Å². The van der Waals surface area contributed by atoms with Crippen LogP contribution in [0.5, 0.6) is 5.75 Å². The van der Waals surface area contributed by atoms with Crippen LogP contribution >= 0.6 is 12.4 Å². The van der Waals surface area contributed by atoms with Crippen molar-refractivity contribution >= 4 is 18.1 Å². The molecule has 1 heterocycles. The Labute approximate surface area is 122 Å². The van der Waals surface area contributed by atoms with Gasteiger partial charge in [0.1, 0.15) is 0 Å². The largest absolute Gasteiger partial charge is 0.493 e. The van der Waals surface area contributed by atoms with Crippen LogP contribution in [-0.2, 0) is 0 Å². The lowest BCUT2D eigenvalue weighted by Crippen LogP contribution is -2.26. The molecule has 0 aromatic carbocycles. The molecule has 0 radical (unpaired) electrons. The van der Waals surface area contributed by atoms with E-state index in [1.165, 1.54) is 32.1 Å². The third-order valence-electron chi connectivity index (χ3n) is 4.07. The Bertz CT molecular complexity index is 390. The van der Waals surface area contributed by atoms with Crippen LogP contribution in [0.15, 0.2) is 12.3 Å². The van der Waals surface area contributed by atoms with Gasteiger partial charge in [-0.25, -0.2) is 0 Å². The molecule has 1 aliphatic carbocycles. The van der Waals surface area contributed by atoms with Crippen molar-refractivity contribution in [3.05, 3.63) is 18.0 Å². The van der Waals surface area contributed by atoms with Gasteiger partial charge in [-0.1, -0.05) is 13.3 Å². The van der Waals surface area contributed by atoms with Crippen LogP contribution in [-0.4, -0.2) is 18.1 Å². The van der Waals surface area contributed by atoms with Crippen molar-refractivity contribution in [3.8, 4) is 5.75 Å². The molecule has 1 N–H and O–H groups in total. The number of rotatable bonds is 4. The molecule has 1 aliphatic rings. The molecule has 1 aromatic heterocycles. The van der Waals surface area contributed by atoms with E-state index in [4.69, 9.17) is 4.74 Å². The van der Waals surface area contributed by atoms with Crippen LogP contribution in [0.3, 0.4) is 0 Å². The number of anilines is 1. The summed E-state index contributed by atoms with van der Waals surface area (Å²) in [7, 11) is 1.71. The number of nitrogens with zero attached hydrogens (tertiary/aromatic N) is 1. The Balaban J connectivity index is 0.00000180. The molecule has 3 nitrogen and oxygen atoms in total. The van der Waals surface area contributed by atoms with Gasteiger partial charge in [0, 0.05) is 12.2 Å². The monoisotopic (exact) mass is 284 g/mol. The summed E-state index contributed by atoms with van der Waals surface area (Å²) < 4.78 is 5.43. The van der Waals surface area contributed by atoms with Gasteiger partial charge in [0.15, 0.2) is 5.75 Å². The molecule has 2 rings (SSSR count). The first-order valence-electron chi connectivity index (χ1n) is 7.00. The van der Waals surface area contributed by atoms with E-state index in [0.29, 0.717) is 6.04 Å². The summed E-state index contributed by atoms with van der Waals surface area (Å²) in [6.07, 6.45) is 8.40. The number of aryl methyl sites for hydroxylation is 1. The molecule has 0 saturated heterocycles. The number of pyridine rings is 1. The van der Waals surface area contributed by atoms with Gasteiger partial charge < -0.3 is 10.1 Å². The fraction of sp³-hybridized carbons (Fsp3) is 0.667. The highest BCUT2D eigenvalue weighted by atomic mass is 35.5. The maximum atomic E-state index is 5.43. The summed E-state index contributed by atoms with van der Waals surface area (Å²) in [6.45, 7) is 4.28. The second kappa shape index (κ2) is 7.59. The lowest BCUT2D eigenvalue weighted by Gasteiger charge is -2.29. The van der Waals surface area contributed by atoms with E-state index >= 15 is 0 Å². The highest BCUT2D eigenvalue weighted by Crippen LogP contribution is 2.32. The predicted molar refractivity (Wildman–Crippen MR) is 82.4 cm³/mol. The standard InChI is InChI=1S/C15H24N2O.ClH/c1-4-12-5-7-13(8-6-12)17-14-9-10-16-11(2)15(14)18-3;/h9-10,12-13H,4-8H2,1-3H3,(H,16,17);1H. The summed E-state index contributed by atoms with van der Waals surface area (Å²) in [4.78, 5) is 4.26. The number of aromatic nitrogens is 1. The first kappa shape index (κ1) is 16.1. The van der Waals surface area contributed by atoms with Gasteiger partial charge in [-0.05, 0) is 44.6 Å². The van der Waals surface area contributed by atoms with E-state index in [1.807, 2.05) is 19.2 Å². The first-order chi connectivity index (χ1) is 8.74. The summed E-state index contributed by atoms with van der Waals surface area (Å²) in [5, 5.41) is 3.62. The summed E-state index contributed by atoms with van der Waals surface area (Å²) in [5.74, 6) is 1.82. The van der Waals surface area contributed by atoms with Crippen molar-refractivity contribution in [2.45, 2.75) is 52.0 Å². The average Bonchev–Trinajstić information content (AvgIpc) is 2.40. The van der Waals surface area contributed by atoms with Crippen molar-refractivity contribution in [1.82, 2.24) is 4.98 Å². The zero-order valence-electron chi connectivity index (χ0n) is 12.1. The van der Waals surface area contributed by atoms with E-state index in [2.05, 4.69) is 17.2 Å². The maximum absolute atomic E-state index is 5.43. The predicted octanol–water partition coefficient (Wildman–Crippen LogP) is 4.20. The Morgan fingerprint density at radius 1 is 1.32 bits per heavy atom. The normalized spacial score (nSPS) is 22.5. The van der Waals surface area contributed by atoms with E-state index in [0.717, 1.165) is 23.0 Å². The van der Waals surface area contributed by atoms with E-state index in [9.17, 15) is 0 Å². The molecule has 1 saturated carbocycles. The molecule has 4 heteroatoms.